The maximum absolute atomic E-state index is 12.8. The van der Waals surface area contributed by atoms with Gasteiger partial charge in [0.1, 0.15) is 29.5 Å². The lowest BCUT2D eigenvalue weighted by atomic mass is 10.1. The van der Waals surface area contributed by atoms with Crippen LogP contribution in [0.25, 0.3) is 11.0 Å². The second kappa shape index (κ2) is 7.05. The Balaban J connectivity index is 1.57. The van der Waals surface area contributed by atoms with E-state index in [9.17, 15) is 9.90 Å². The molecule has 4 rings (SSSR count). The van der Waals surface area contributed by atoms with E-state index >= 15 is 0 Å². The maximum atomic E-state index is 12.8. The third-order valence-electron chi connectivity index (χ3n) is 4.72. The van der Waals surface area contributed by atoms with Crippen molar-refractivity contribution in [3.05, 3.63) is 47.7 Å². The van der Waals surface area contributed by atoms with Gasteiger partial charge in [0, 0.05) is 24.8 Å². The van der Waals surface area contributed by atoms with Crippen molar-refractivity contribution in [2.24, 2.45) is 7.05 Å². The largest absolute Gasteiger partial charge is 0.486 e. The Hall–Kier alpha value is -2.84. The first-order valence-corrected chi connectivity index (χ1v) is 8.71. The summed E-state index contributed by atoms with van der Waals surface area (Å²) < 4.78 is 18.6. The van der Waals surface area contributed by atoms with Crippen molar-refractivity contribution >= 4 is 16.9 Å². The molecule has 3 heterocycles. The predicted molar refractivity (Wildman–Crippen MR) is 96.6 cm³/mol. The monoisotopic (exact) mass is 371 g/mol. The van der Waals surface area contributed by atoms with Gasteiger partial charge in [-0.25, -0.2) is 4.98 Å². The number of fused-ring (bicyclic) bond motifs is 1. The molecule has 1 aliphatic heterocycles. The summed E-state index contributed by atoms with van der Waals surface area (Å²) in [5.41, 5.74) is 1.04. The fourth-order valence-corrected chi connectivity index (χ4v) is 3.18. The van der Waals surface area contributed by atoms with E-state index in [1.54, 1.807) is 31.3 Å². The molecule has 2 aromatic heterocycles. The molecule has 3 aromatic rings. The summed E-state index contributed by atoms with van der Waals surface area (Å²) in [6, 6.07) is 4.93. The van der Waals surface area contributed by atoms with E-state index in [-0.39, 0.29) is 12.5 Å². The lowest BCUT2D eigenvalue weighted by molar-refractivity contribution is 0.0886. The van der Waals surface area contributed by atoms with Crippen LogP contribution in [0, 0.1) is 6.92 Å². The number of hydrogen-bond donors (Lipinski definition) is 2. The predicted octanol–water partition coefficient (Wildman–Crippen LogP) is 1.54. The lowest BCUT2D eigenvalue weighted by Gasteiger charge is -2.14. The molecule has 0 saturated carbocycles. The molecule has 8 heteroatoms. The number of nitrogens with zero attached hydrogens (tertiary/aromatic N) is 2. The number of aromatic nitrogens is 2. The molecule has 1 saturated heterocycles. The molecule has 27 heavy (non-hydrogen) atoms. The van der Waals surface area contributed by atoms with Crippen molar-refractivity contribution in [3.63, 3.8) is 0 Å². The number of hydrogen-bond acceptors (Lipinski definition) is 6. The van der Waals surface area contributed by atoms with Crippen LogP contribution < -0.4 is 10.1 Å². The van der Waals surface area contributed by atoms with E-state index in [1.807, 2.05) is 17.8 Å². The zero-order valence-corrected chi connectivity index (χ0v) is 15.1. The minimum Gasteiger partial charge on any atom is -0.486 e. The van der Waals surface area contributed by atoms with Crippen molar-refractivity contribution < 1.29 is 23.8 Å². The van der Waals surface area contributed by atoms with E-state index in [2.05, 4.69) is 10.3 Å². The molecular weight excluding hydrogens is 350 g/mol. The molecule has 0 unspecified atom stereocenters. The van der Waals surface area contributed by atoms with Crippen LogP contribution in [0.15, 0.2) is 35.0 Å². The molecule has 2 N–H and O–H groups in total. The van der Waals surface area contributed by atoms with Crippen LogP contribution in [-0.4, -0.2) is 45.9 Å². The number of imidazole rings is 1. The minimum atomic E-state index is -0.705. The SMILES string of the molecule is Cc1oc2ccc(OCc3nccn3C)cc2c1C(=O)N[C@@H]1COC[C@@H]1O. The fourth-order valence-electron chi connectivity index (χ4n) is 3.18. The molecule has 142 valence electrons. The van der Waals surface area contributed by atoms with E-state index < -0.39 is 12.1 Å². The molecule has 0 spiro atoms. The van der Waals surface area contributed by atoms with Crippen LogP contribution in [-0.2, 0) is 18.4 Å². The summed E-state index contributed by atoms with van der Waals surface area (Å²) in [5.74, 6) is 1.62. The first kappa shape index (κ1) is 17.6. The number of rotatable bonds is 5. The van der Waals surface area contributed by atoms with Gasteiger partial charge < -0.3 is 28.9 Å². The Labute approximate surface area is 155 Å². The molecule has 2 atom stereocenters. The van der Waals surface area contributed by atoms with Crippen molar-refractivity contribution in [2.45, 2.75) is 25.7 Å². The number of ether oxygens (including phenoxy) is 2. The topological polar surface area (TPSA) is 98.8 Å². The van der Waals surface area contributed by atoms with Gasteiger partial charge in [-0.2, -0.15) is 0 Å². The number of carbonyl (C=O) groups is 1. The second-order valence-electron chi connectivity index (χ2n) is 6.62. The summed E-state index contributed by atoms with van der Waals surface area (Å²) in [6.45, 7) is 2.57. The molecule has 0 radical (unpaired) electrons. The summed E-state index contributed by atoms with van der Waals surface area (Å²) in [5, 5.41) is 13.3. The molecule has 0 bridgehead atoms. The average molecular weight is 371 g/mol. The molecule has 0 aliphatic carbocycles. The van der Waals surface area contributed by atoms with Crippen molar-refractivity contribution in [1.82, 2.24) is 14.9 Å². The number of aryl methyl sites for hydroxylation is 2. The number of aliphatic hydroxyl groups is 1. The molecule has 8 nitrogen and oxygen atoms in total. The van der Waals surface area contributed by atoms with Gasteiger partial charge in [0.2, 0.25) is 0 Å². The van der Waals surface area contributed by atoms with Gasteiger partial charge in [0.05, 0.1) is 30.9 Å². The van der Waals surface area contributed by atoms with Crippen molar-refractivity contribution in [2.75, 3.05) is 13.2 Å². The van der Waals surface area contributed by atoms with Crippen molar-refractivity contribution in [3.8, 4) is 5.75 Å². The second-order valence-corrected chi connectivity index (χ2v) is 6.62. The van der Waals surface area contributed by atoms with Crippen LogP contribution in [0.3, 0.4) is 0 Å². The molecular formula is C19H21N3O5. The van der Waals surface area contributed by atoms with Gasteiger partial charge >= 0.3 is 0 Å². The minimum absolute atomic E-state index is 0.223. The third-order valence-corrected chi connectivity index (χ3v) is 4.72. The van der Waals surface area contributed by atoms with Crippen LogP contribution >= 0.6 is 0 Å². The Morgan fingerprint density at radius 1 is 1.44 bits per heavy atom. The van der Waals surface area contributed by atoms with Gasteiger partial charge in [0.15, 0.2) is 0 Å². The van der Waals surface area contributed by atoms with Gasteiger partial charge in [-0.3, -0.25) is 4.79 Å². The van der Waals surface area contributed by atoms with Gasteiger partial charge in [0.25, 0.3) is 5.91 Å². The maximum Gasteiger partial charge on any atom is 0.255 e. The summed E-state index contributed by atoms with van der Waals surface area (Å²) in [7, 11) is 1.90. The standard InChI is InChI=1S/C19H21N3O5/c1-11-18(19(24)21-14-8-25-9-15(14)23)13-7-12(3-4-16(13)27-11)26-10-17-20-5-6-22(17)2/h3-7,14-15,23H,8-10H2,1-2H3,(H,21,24)/t14-,15+/m1/s1. The molecule has 1 amide bonds. The summed E-state index contributed by atoms with van der Waals surface area (Å²) in [6.07, 6.45) is 2.86. The summed E-state index contributed by atoms with van der Waals surface area (Å²) in [4.78, 5) is 17.0. The van der Waals surface area contributed by atoms with Crippen molar-refractivity contribution in [1.29, 1.82) is 0 Å². The zero-order chi connectivity index (χ0) is 19.0. The van der Waals surface area contributed by atoms with E-state index in [4.69, 9.17) is 13.9 Å². The van der Waals surface area contributed by atoms with E-state index in [0.29, 0.717) is 41.3 Å². The highest BCUT2D eigenvalue weighted by Crippen LogP contribution is 2.29. The zero-order valence-electron chi connectivity index (χ0n) is 15.1. The molecule has 1 aliphatic rings. The number of amides is 1. The number of aliphatic hydroxyl groups excluding tert-OH is 1. The van der Waals surface area contributed by atoms with Gasteiger partial charge in [-0.1, -0.05) is 0 Å². The quantitative estimate of drug-likeness (QED) is 0.706. The number of nitrogens with one attached hydrogen (secondary N) is 1. The average Bonchev–Trinajstić information content (AvgIpc) is 3.31. The highest BCUT2D eigenvalue weighted by molar-refractivity contribution is 6.07. The van der Waals surface area contributed by atoms with Crippen LogP contribution in [0.1, 0.15) is 21.9 Å². The molecule has 1 aromatic carbocycles. The van der Waals surface area contributed by atoms with Crippen LogP contribution in [0.5, 0.6) is 5.75 Å². The summed E-state index contributed by atoms with van der Waals surface area (Å²) >= 11 is 0. The van der Waals surface area contributed by atoms with Crippen LogP contribution in [0.2, 0.25) is 0 Å². The number of benzene rings is 1. The van der Waals surface area contributed by atoms with E-state index in [1.165, 1.54) is 0 Å². The smallest absolute Gasteiger partial charge is 0.255 e. The third kappa shape index (κ3) is 3.41. The number of carbonyl (C=O) groups excluding carboxylic acids is 1. The lowest BCUT2D eigenvalue weighted by Crippen LogP contribution is -2.42. The molecule has 1 fully saturated rings. The van der Waals surface area contributed by atoms with Gasteiger partial charge in [-0.15, -0.1) is 0 Å². The fraction of sp³-hybridized carbons (Fsp3) is 0.368. The normalized spacial score (nSPS) is 19.5. The van der Waals surface area contributed by atoms with Crippen LogP contribution in [0.4, 0.5) is 0 Å². The highest BCUT2D eigenvalue weighted by atomic mass is 16.5. The van der Waals surface area contributed by atoms with Gasteiger partial charge in [-0.05, 0) is 25.1 Å². The number of furan rings is 1. The Bertz CT molecular complexity index is 977. The first-order valence-electron chi connectivity index (χ1n) is 8.71. The first-order chi connectivity index (χ1) is 13.0. The Kier molecular flexibility index (Phi) is 4.59. The highest BCUT2D eigenvalue weighted by Gasteiger charge is 2.29. The Morgan fingerprint density at radius 3 is 3.00 bits per heavy atom. The van der Waals surface area contributed by atoms with E-state index in [0.717, 1.165) is 5.82 Å². The Morgan fingerprint density at radius 2 is 2.30 bits per heavy atom.